The minimum atomic E-state index is -0.642. The molecule has 1 aliphatic carbocycles. The normalized spacial score (nSPS) is 25.7. The van der Waals surface area contributed by atoms with E-state index in [4.69, 9.17) is 11.6 Å². The summed E-state index contributed by atoms with van der Waals surface area (Å²) < 4.78 is 0. The lowest BCUT2D eigenvalue weighted by molar-refractivity contribution is -0.151. The Kier molecular flexibility index (Phi) is 5.69. The van der Waals surface area contributed by atoms with Crippen LogP contribution in [0.25, 0.3) is 0 Å². The van der Waals surface area contributed by atoms with E-state index in [0.29, 0.717) is 11.4 Å². The molecule has 0 bridgehead atoms. The Hall–Kier alpha value is -1.02. The van der Waals surface area contributed by atoms with Crippen molar-refractivity contribution in [2.45, 2.75) is 58.3 Å². The maximum atomic E-state index is 11.9. The van der Waals surface area contributed by atoms with E-state index in [-0.39, 0.29) is 0 Å². The van der Waals surface area contributed by atoms with Crippen LogP contribution in [0.4, 0.5) is 0 Å². The van der Waals surface area contributed by atoms with Gasteiger partial charge in [0.25, 0.3) is 0 Å². The molecule has 1 aliphatic rings. The minimum Gasteiger partial charge on any atom is -0.481 e. The maximum Gasteiger partial charge on any atom is 0.309 e. The van der Waals surface area contributed by atoms with Gasteiger partial charge in [-0.2, -0.15) is 0 Å². The van der Waals surface area contributed by atoms with Crippen molar-refractivity contribution >= 4 is 17.6 Å². The first kappa shape index (κ1) is 16.4. The molecule has 1 aromatic carbocycles. The Labute approximate surface area is 132 Å². The standard InChI is InChI=1S/C18H25ClO2/c1-2-3-5-14-8-10-18(11-9-14,17(20)21)13-15-6-4-7-16(19)12-15/h4,6-7,12,14H,2-3,5,8-11,13H2,1H3,(H,20,21). The molecule has 0 aliphatic heterocycles. The predicted molar refractivity (Wildman–Crippen MR) is 86.7 cm³/mol. The highest BCUT2D eigenvalue weighted by atomic mass is 35.5. The van der Waals surface area contributed by atoms with E-state index in [9.17, 15) is 9.90 Å². The van der Waals surface area contributed by atoms with Gasteiger partial charge in [0.05, 0.1) is 5.41 Å². The number of halogens is 1. The molecule has 2 rings (SSSR count). The lowest BCUT2D eigenvalue weighted by Crippen LogP contribution is -2.37. The second-order valence-corrected chi connectivity index (χ2v) is 6.91. The third-order valence-electron chi connectivity index (χ3n) is 4.91. The van der Waals surface area contributed by atoms with Gasteiger partial charge in [0, 0.05) is 5.02 Å². The molecule has 2 nitrogen and oxygen atoms in total. The molecule has 0 heterocycles. The first-order valence-electron chi connectivity index (χ1n) is 8.03. The van der Waals surface area contributed by atoms with E-state index >= 15 is 0 Å². The third kappa shape index (κ3) is 4.23. The summed E-state index contributed by atoms with van der Waals surface area (Å²) in [5, 5.41) is 10.4. The van der Waals surface area contributed by atoms with Gasteiger partial charge in [0.1, 0.15) is 0 Å². The molecule has 116 valence electrons. The Morgan fingerprint density at radius 1 is 1.38 bits per heavy atom. The second kappa shape index (κ2) is 7.31. The Balaban J connectivity index is 2.04. The summed E-state index contributed by atoms with van der Waals surface area (Å²) in [4.78, 5) is 11.9. The van der Waals surface area contributed by atoms with Gasteiger partial charge in [-0.3, -0.25) is 4.79 Å². The molecule has 1 saturated carbocycles. The quantitative estimate of drug-likeness (QED) is 0.770. The summed E-state index contributed by atoms with van der Waals surface area (Å²) in [7, 11) is 0. The molecule has 1 fully saturated rings. The van der Waals surface area contributed by atoms with Crippen molar-refractivity contribution in [1.82, 2.24) is 0 Å². The zero-order chi connectivity index (χ0) is 15.3. The monoisotopic (exact) mass is 308 g/mol. The number of aliphatic carboxylic acids is 1. The Morgan fingerprint density at radius 2 is 2.10 bits per heavy atom. The molecule has 1 aromatic rings. The van der Waals surface area contributed by atoms with E-state index in [2.05, 4.69) is 6.92 Å². The Morgan fingerprint density at radius 3 is 2.67 bits per heavy atom. The zero-order valence-electron chi connectivity index (χ0n) is 12.8. The van der Waals surface area contributed by atoms with Crippen molar-refractivity contribution in [2.24, 2.45) is 11.3 Å². The third-order valence-corrected chi connectivity index (χ3v) is 5.15. The van der Waals surface area contributed by atoms with E-state index in [1.165, 1.54) is 19.3 Å². The molecular formula is C18H25ClO2. The van der Waals surface area contributed by atoms with E-state index in [1.807, 2.05) is 24.3 Å². The summed E-state index contributed by atoms with van der Waals surface area (Å²) in [6.45, 7) is 2.21. The molecule has 0 amide bonds. The fourth-order valence-electron chi connectivity index (χ4n) is 3.52. The molecule has 0 saturated heterocycles. The molecule has 1 N–H and O–H groups in total. The predicted octanol–water partition coefficient (Wildman–Crippen LogP) is 5.33. The first-order chi connectivity index (χ1) is 10.1. The summed E-state index contributed by atoms with van der Waals surface area (Å²) in [5.41, 5.74) is 0.449. The largest absolute Gasteiger partial charge is 0.481 e. The Bertz CT molecular complexity index is 476. The van der Waals surface area contributed by atoms with E-state index in [0.717, 1.165) is 37.2 Å². The van der Waals surface area contributed by atoms with Gasteiger partial charge in [-0.05, 0) is 55.7 Å². The lowest BCUT2D eigenvalue weighted by atomic mass is 9.66. The topological polar surface area (TPSA) is 37.3 Å². The van der Waals surface area contributed by atoms with Gasteiger partial charge < -0.3 is 5.11 Å². The average Bonchev–Trinajstić information content (AvgIpc) is 2.46. The van der Waals surface area contributed by atoms with E-state index < -0.39 is 11.4 Å². The molecule has 0 aromatic heterocycles. The van der Waals surface area contributed by atoms with Gasteiger partial charge in [-0.15, -0.1) is 0 Å². The molecule has 21 heavy (non-hydrogen) atoms. The molecular weight excluding hydrogens is 284 g/mol. The SMILES string of the molecule is CCCCC1CCC(Cc2cccc(Cl)c2)(C(=O)O)CC1. The van der Waals surface area contributed by atoms with E-state index in [1.54, 1.807) is 0 Å². The number of carboxylic acid groups (broad SMARTS) is 1. The van der Waals surface area contributed by atoms with Crippen LogP contribution in [0.15, 0.2) is 24.3 Å². The van der Waals surface area contributed by atoms with Gasteiger partial charge in [-0.1, -0.05) is 49.9 Å². The summed E-state index contributed by atoms with van der Waals surface area (Å²) in [6.07, 6.45) is 8.03. The van der Waals surface area contributed by atoms with Crippen LogP contribution < -0.4 is 0 Å². The highest BCUT2D eigenvalue weighted by Crippen LogP contribution is 2.43. The first-order valence-corrected chi connectivity index (χ1v) is 8.41. The van der Waals surface area contributed by atoms with Crippen LogP contribution in [0.5, 0.6) is 0 Å². The highest BCUT2D eigenvalue weighted by molar-refractivity contribution is 6.30. The van der Waals surface area contributed by atoms with Crippen LogP contribution in [0.3, 0.4) is 0 Å². The fourth-order valence-corrected chi connectivity index (χ4v) is 3.73. The van der Waals surface area contributed by atoms with Crippen molar-refractivity contribution in [3.05, 3.63) is 34.9 Å². The number of rotatable bonds is 6. The molecule has 0 spiro atoms. The van der Waals surface area contributed by atoms with Crippen LogP contribution in [-0.2, 0) is 11.2 Å². The highest BCUT2D eigenvalue weighted by Gasteiger charge is 2.41. The lowest BCUT2D eigenvalue weighted by Gasteiger charge is -2.37. The molecule has 0 atom stereocenters. The van der Waals surface area contributed by atoms with Crippen LogP contribution in [0.1, 0.15) is 57.4 Å². The van der Waals surface area contributed by atoms with Crippen molar-refractivity contribution in [1.29, 1.82) is 0 Å². The zero-order valence-corrected chi connectivity index (χ0v) is 13.5. The number of carbonyl (C=O) groups is 1. The van der Waals surface area contributed by atoms with Gasteiger partial charge in [-0.25, -0.2) is 0 Å². The van der Waals surface area contributed by atoms with Gasteiger partial charge in [0.2, 0.25) is 0 Å². The van der Waals surface area contributed by atoms with Crippen molar-refractivity contribution in [3.8, 4) is 0 Å². The van der Waals surface area contributed by atoms with Crippen LogP contribution in [0.2, 0.25) is 5.02 Å². The average molecular weight is 309 g/mol. The van der Waals surface area contributed by atoms with Crippen molar-refractivity contribution in [3.63, 3.8) is 0 Å². The summed E-state index contributed by atoms with van der Waals surface area (Å²) >= 11 is 6.02. The molecule has 0 radical (unpaired) electrons. The van der Waals surface area contributed by atoms with Crippen LogP contribution in [-0.4, -0.2) is 11.1 Å². The summed E-state index contributed by atoms with van der Waals surface area (Å²) in [5.74, 6) is 0.0770. The van der Waals surface area contributed by atoms with Crippen LogP contribution in [0, 0.1) is 11.3 Å². The summed E-state index contributed by atoms with van der Waals surface area (Å²) in [6, 6.07) is 7.62. The van der Waals surface area contributed by atoms with Crippen molar-refractivity contribution in [2.75, 3.05) is 0 Å². The smallest absolute Gasteiger partial charge is 0.309 e. The second-order valence-electron chi connectivity index (χ2n) is 6.48. The maximum absolute atomic E-state index is 11.9. The number of carboxylic acids is 1. The van der Waals surface area contributed by atoms with Crippen LogP contribution >= 0.6 is 11.6 Å². The molecule has 3 heteroatoms. The van der Waals surface area contributed by atoms with Crippen molar-refractivity contribution < 1.29 is 9.90 Å². The number of hydrogen-bond donors (Lipinski definition) is 1. The fraction of sp³-hybridized carbons (Fsp3) is 0.611. The minimum absolute atomic E-state index is 0.590. The molecule has 0 unspecified atom stereocenters. The number of hydrogen-bond acceptors (Lipinski definition) is 1. The number of benzene rings is 1. The van der Waals surface area contributed by atoms with Gasteiger partial charge >= 0.3 is 5.97 Å². The number of unbranched alkanes of at least 4 members (excludes halogenated alkanes) is 1. The van der Waals surface area contributed by atoms with Gasteiger partial charge in [0.15, 0.2) is 0 Å².